The molecule has 0 aliphatic carbocycles. The Hall–Kier alpha value is -1.56. The number of nitrogens with zero attached hydrogens (tertiary/aromatic N) is 1. The fourth-order valence-corrected chi connectivity index (χ4v) is 1.16. The van der Waals surface area contributed by atoms with E-state index in [1.54, 1.807) is 6.92 Å². The molecule has 1 aromatic rings. The molecule has 1 heterocycles. The summed E-state index contributed by atoms with van der Waals surface area (Å²) in [6.07, 6.45) is 1.36. The number of esters is 1. The third-order valence-corrected chi connectivity index (χ3v) is 2.04. The molecular formula is C9H12ClN3O3. The highest BCUT2D eigenvalue weighted by molar-refractivity contribution is 6.27. The number of carbonyl (C=O) groups excluding carboxylic acids is 2. The second-order valence-electron chi connectivity index (χ2n) is 2.89. The first kappa shape index (κ1) is 12.5. The van der Waals surface area contributed by atoms with E-state index in [1.807, 2.05) is 0 Å². The lowest BCUT2D eigenvalue weighted by Gasteiger charge is -2.03. The summed E-state index contributed by atoms with van der Waals surface area (Å²) < 4.78 is 4.82. The van der Waals surface area contributed by atoms with Gasteiger partial charge in [-0.1, -0.05) is 0 Å². The Balaban J connectivity index is 2.63. The van der Waals surface area contributed by atoms with Gasteiger partial charge < -0.3 is 10.1 Å². The van der Waals surface area contributed by atoms with Crippen LogP contribution in [0.25, 0.3) is 0 Å². The Labute approximate surface area is 97.3 Å². The normalized spacial score (nSPS) is 9.88. The summed E-state index contributed by atoms with van der Waals surface area (Å²) >= 11 is 5.31. The van der Waals surface area contributed by atoms with Crippen molar-refractivity contribution in [3.63, 3.8) is 0 Å². The number of halogens is 1. The third-order valence-electron chi connectivity index (χ3n) is 1.80. The van der Waals surface area contributed by atoms with Crippen molar-refractivity contribution in [3.05, 3.63) is 17.5 Å². The fourth-order valence-electron chi connectivity index (χ4n) is 1.07. The van der Waals surface area contributed by atoms with Gasteiger partial charge in [-0.25, -0.2) is 4.79 Å². The number of aromatic nitrogens is 2. The minimum Gasteiger partial charge on any atom is -0.462 e. The summed E-state index contributed by atoms with van der Waals surface area (Å²) in [5, 5.41) is 8.86. The molecule has 1 aromatic heterocycles. The van der Waals surface area contributed by atoms with Crippen molar-refractivity contribution < 1.29 is 14.3 Å². The quantitative estimate of drug-likeness (QED) is 0.582. The molecule has 2 N–H and O–H groups in total. The van der Waals surface area contributed by atoms with Gasteiger partial charge in [0.2, 0.25) is 5.91 Å². The van der Waals surface area contributed by atoms with Crippen LogP contribution in [-0.4, -0.2) is 34.6 Å². The summed E-state index contributed by atoms with van der Waals surface area (Å²) in [5.41, 5.74) is 0.814. The molecule has 0 aromatic carbocycles. The number of hydrogen-bond acceptors (Lipinski definition) is 4. The second kappa shape index (κ2) is 6.12. The van der Waals surface area contributed by atoms with E-state index in [2.05, 4.69) is 15.5 Å². The lowest BCUT2D eigenvalue weighted by atomic mass is 10.2. The Morgan fingerprint density at radius 2 is 2.38 bits per heavy atom. The van der Waals surface area contributed by atoms with Crippen LogP contribution in [-0.2, 0) is 16.1 Å². The zero-order valence-corrected chi connectivity index (χ0v) is 9.50. The lowest BCUT2D eigenvalue weighted by Crippen LogP contribution is -2.25. The predicted molar refractivity (Wildman–Crippen MR) is 57.1 cm³/mol. The predicted octanol–water partition coefficient (Wildman–Crippen LogP) is 0.441. The topological polar surface area (TPSA) is 84.1 Å². The second-order valence-corrected chi connectivity index (χ2v) is 3.16. The van der Waals surface area contributed by atoms with Gasteiger partial charge in [0.25, 0.3) is 0 Å². The van der Waals surface area contributed by atoms with Crippen molar-refractivity contribution >= 4 is 23.5 Å². The van der Waals surface area contributed by atoms with E-state index in [4.69, 9.17) is 16.3 Å². The molecule has 0 aliphatic rings. The molecule has 0 spiro atoms. The summed E-state index contributed by atoms with van der Waals surface area (Å²) in [5.74, 6) is -0.902. The molecule has 1 rings (SSSR count). The van der Waals surface area contributed by atoms with Crippen molar-refractivity contribution in [3.8, 4) is 0 Å². The summed E-state index contributed by atoms with van der Waals surface area (Å²) in [6.45, 7) is 2.17. The maximum absolute atomic E-state index is 11.4. The van der Waals surface area contributed by atoms with E-state index in [0.29, 0.717) is 11.3 Å². The molecule has 16 heavy (non-hydrogen) atoms. The molecule has 1 amide bonds. The van der Waals surface area contributed by atoms with Crippen LogP contribution >= 0.6 is 11.6 Å². The number of amides is 1. The van der Waals surface area contributed by atoms with E-state index < -0.39 is 5.97 Å². The fraction of sp³-hybridized carbons (Fsp3) is 0.444. The molecule has 0 saturated heterocycles. The number of hydrogen-bond donors (Lipinski definition) is 2. The molecule has 0 aliphatic heterocycles. The Bertz CT molecular complexity index is 378. The molecule has 0 unspecified atom stereocenters. The van der Waals surface area contributed by atoms with Gasteiger partial charge >= 0.3 is 5.97 Å². The van der Waals surface area contributed by atoms with Gasteiger partial charge in [0.05, 0.1) is 25.0 Å². The van der Waals surface area contributed by atoms with E-state index >= 15 is 0 Å². The monoisotopic (exact) mass is 245 g/mol. The molecule has 88 valence electrons. The molecule has 6 nitrogen and oxygen atoms in total. The highest BCUT2D eigenvalue weighted by Gasteiger charge is 2.14. The number of ether oxygens (including phenoxy) is 1. The highest BCUT2D eigenvalue weighted by atomic mass is 35.5. The van der Waals surface area contributed by atoms with E-state index in [1.165, 1.54) is 6.20 Å². The van der Waals surface area contributed by atoms with Crippen molar-refractivity contribution in [2.45, 2.75) is 13.5 Å². The van der Waals surface area contributed by atoms with Gasteiger partial charge in [0.1, 0.15) is 11.4 Å². The number of nitrogens with one attached hydrogen (secondary N) is 2. The van der Waals surface area contributed by atoms with Crippen LogP contribution in [0.1, 0.15) is 23.0 Å². The van der Waals surface area contributed by atoms with Crippen LogP contribution in [0.4, 0.5) is 0 Å². The number of alkyl halides is 1. The first-order valence-corrected chi connectivity index (χ1v) is 5.24. The molecule has 0 saturated carbocycles. The van der Waals surface area contributed by atoms with Gasteiger partial charge in [0, 0.05) is 0 Å². The Morgan fingerprint density at radius 1 is 1.62 bits per heavy atom. The molecule has 0 bridgehead atoms. The summed E-state index contributed by atoms with van der Waals surface area (Å²) in [4.78, 5) is 22.3. The van der Waals surface area contributed by atoms with Crippen LogP contribution in [0.15, 0.2) is 6.20 Å². The van der Waals surface area contributed by atoms with Gasteiger partial charge in [-0.15, -0.1) is 11.6 Å². The van der Waals surface area contributed by atoms with Crippen molar-refractivity contribution in [1.82, 2.24) is 15.5 Å². The summed E-state index contributed by atoms with van der Waals surface area (Å²) in [6, 6.07) is 0. The zero-order chi connectivity index (χ0) is 12.0. The maximum Gasteiger partial charge on any atom is 0.341 e. The Morgan fingerprint density at radius 3 is 3.00 bits per heavy atom. The van der Waals surface area contributed by atoms with Crippen LogP contribution in [0.2, 0.25) is 0 Å². The first-order chi connectivity index (χ1) is 7.69. The average molecular weight is 246 g/mol. The zero-order valence-electron chi connectivity index (χ0n) is 8.75. The van der Waals surface area contributed by atoms with E-state index in [-0.39, 0.29) is 24.9 Å². The van der Waals surface area contributed by atoms with Crippen molar-refractivity contribution in [2.24, 2.45) is 0 Å². The van der Waals surface area contributed by atoms with Crippen LogP contribution in [0, 0.1) is 0 Å². The largest absolute Gasteiger partial charge is 0.462 e. The standard InChI is InChI=1S/C9H12ClN3O3/c1-2-16-9(15)6-4-12-13-7(6)5-11-8(14)3-10/h4H,2-3,5H2,1H3,(H,11,14)(H,12,13). The number of aromatic amines is 1. The van der Waals surface area contributed by atoms with Gasteiger partial charge in [-0.3, -0.25) is 9.89 Å². The van der Waals surface area contributed by atoms with Gasteiger partial charge in [0.15, 0.2) is 0 Å². The van der Waals surface area contributed by atoms with Gasteiger partial charge in [-0.2, -0.15) is 5.10 Å². The van der Waals surface area contributed by atoms with Crippen LogP contribution < -0.4 is 5.32 Å². The molecule has 0 atom stereocenters. The van der Waals surface area contributed by atoms with Crippen LogP contribution in [0.3, 0.4) is 0 Å². The highest BCUT2D eigenvalue weighted by Crippen LogP contribution is 2.06. The molecule has 7 heteroatoms. The van der Waals surface area contributed by atoms with Crippen molar-refractivity contribution in [2.75, 3.05) is 12.5 Å². The number of rotatable bonds is 5. The maximum atomic E-state index is 11.4. The third kappa shape index (κ3) is 3.23. The minimum absolute atomic E-state index is 0.122. The van der Waals surface area contributed by atoms with Crippen LogP contribution in [0.5, 0.6) is 0 Å². The van der Waals surface area contributed by atoms with E-state index in [9.17, 15) is 9.59 Å². The van der Waals surface area contributed by atoms with Gasteiger partial charge in [-0.05, 0) is 6.92 Å². The average Bonchev–Trinajstić information content (AvgIpc) is 2.74. The molecule has 0 radical (unpaired) electrons. The first-order valence-electron chi connectivity index (χ1n) is 4.71. The minimum atomic E-state index is -0.466. The lowest BCUT2D eigenvalue weighted by molar-refractivity contribution is -0.118. The molecular weight excluding hydrogens is 234 g/mol. The molecule has 0 fully saturated rings. The smallest absolute Gasteiger partial charge is 0.341 e. The number of carbonyl (C=O) groups is 2. The van der Waals surface area contributed by atoms with Crippen molar-refractivity contribution in [1.29, 1.82) is 0 Å². The number of H-pyrrole nitrogens is 1. The van der Waals surface area contributed by atoms with E-state index in [0.717, 1.165) is 0 Å². The Kier molecular flexibility index (Phi) is 4.78. The summed E-state index contributed by atoms with van der Waals surface area (Å²) in [7, 11) is 0. The SMILES string of the molecule is CCOC(=O)c1cn[nH]c1CNC(=O)CCl.